The summed E-state index contributed by atoms with van der Waals surface area (Å²) in [6.45, 7) is 0. The van der Waals surface area contributed by atoms with Crippen molar-refractivity contribution in [3.05, 3.63) is 64.9 Å². The first-order valence-electron chi connectivity index (χ1n) is 5.99. The minimum absolute atomic E-state index is 0.166. The molecular weight excluding hydrogens is 304 g/mol. The molecule has 0 fully saturated rings. The van der Waals surface area contributed by atoms with E-state index in [2.05, 4.69) is 39.1 Å². The molecule has 0 aliphatic carbocycles. The van der Waals surface area contributed by atoms with Crippen LogP contribution in [-0.4, -0.2) is 16.7 Å². The molecule has 1 unspecified atom stereocenters. The summed E-state index contributed by atoms with van der Waals surface area (Å²) >= 11 is 3.50. The molecule has 1 aromatic heterocycles. The van der Waals surface area contributed by atoms with E-state index in [0.29, 0.717) is 0 Å². The number of hydrogen-bond acceptors (Lipinski definition) is 2. The number of nitrogens with zero attached hydrogens (tertiary/aromatic N) is 2. The molecule has 3 rings (SSSR count). The number of hydrogen-bond donors (Lipinski definition) is 0. The average molecular weight is 317 g/mol. The molecule has 0 aliphatic heterocycles. The van der Waals surface area contributed by atoms with Crippen molar-refractivity contribution in [1.29, 1.82) is 0 Å². The summed E-state index contributed by atoms with van der Waals surface area (Å²) in [5.74, 6) is 0. The van der Waals surface area contributed by atoms with E-state index in [1.165, 1.54) is 0 Å². The summed E-state index contributed by atoms with van der Waals surface area (Å²) in [7, 11) is 1.71. The summed E-state index contributed by atoms with van der Waals surface area (Å²) in [4.78, 5) is 4.42. The van der Waals surface area contributed by atoms with Gasteiger partial charge in [0, 0.05) is 17.1 Å². The molecule has 0 aliphatic rings. The Bertz CT molecular complexity index is 694. The monoisotopic (exact) mass is 316 g/mol. The zero-order valence-corrected chi connectivity index (χ0v) is 12.0. The molecule has 0 bridgehead atoms. The third kappa shape index (κ3) is 2.29. The van der Waals surface area contributed by atoms with Crippen LogP contribution in [-0.2, 0) is 4.74 Å². The van der Waals surface area contributed by atoms with Crippen molar-refractivity contribution < 1.29 is 4.74 Å². The fraction of sp³-hybridized carbons (Fsp3) is 0.133. The highest BCUT2D eigenvalue weighted by atomic mass is 79.9. The van der Waals surface area contributed by atoms with Gasteiger partial charge in [0.25, 0.3) is 0 Å². The molecule has 3 aromatic rings. The lowest BCUT2D eigenvalue weighted by Crippen LogP contribution is -2.11. The molecule has 0 spiro atoms. The lowest BCUT2D eigenvalue weighted by Gasteiger charge is -2.18. The number of aromatic nitrogens is 2. The first-order valence-corrected chi connectivity index (χ1v) is 6.79. The third-order valence-corrected chi connectivity index (χ3v) is 3.59. The molecule has 2 aromatic carbocycles. The third-order valence-electron chi connectivity index (χ3n) is 3.10. The van der Waals surface area contributed by atoms with Crippen LogP contribution in [0.25, 0.3) is 11.0 Å². The second-order valence-corrected chi connectivity index (χ2v) is 5.20. The van der Waals surface area contributed by atoms with E-state index in [-0.39, 0.29) is 6.23 Å². The fourth-order valence-electron chi connectivity index (χ4n) is 2.21. The van der Waals surface area contributed by atoms with Crippen molar-refractivity contribution in [3.63, 3.8) is 0 Å². The SMILES string of the molecule is COC(c1ccccc1)n1cnc2ccc(Br)cc21. The number of fused-ring (bicyclic) bond motifs is 1. The molecule has 3 nitrogen and oxygen atoms in total. The highest BCUT2D eigenvalue weighted by Crippen LogP contribution is 2.26. The number of benzene rings is 2. The van der Waals surface area contributed by atoms with Crippen LogP contribution >= 0.6 is 15.9 Å². The van der Waals surface area contributed by atoms with E-state index in [1.54, 1.807) is 7.11 Å². The molecule has 1 heterocycles. The van der Waals surface area contributed by atoms with Crippen molar-refractivity contribution in [2.75, 3.05) is 7.11 Å². The van der Waals surface area contributed by atoms with E-state index in [0.717, 1.165) is 21.1 Å². The molecule has 0 saturated heterocycles. The molecule has 4 heteroatoms. The van der Waals surface area contributed by atoms with Crippen molar-refractivity contribution in [2.45, 2.75) is 6.23 Å². The number of halogens is 1. The largest absolute Gasteiger partial charge is 0.357 e. The Morgan fingerprint density at radius 2 is 1.95 bits per heavy atom. The van der Waals surface area contributed by atoms with E-state index < -0.39 is 0 Å². The normalized spacial score (nSPS) is 12.7. The Balaban J connectivity index is 2.14. The lowest BCUT2D eigenvalue weighted by molar-refractivity contribution is 0.0818. The number of methoxy groups -OCH3 is 1. The molecule has 1 atom stereocenters. The zero-order valence-electron chi connectivity index (χ0n) is 10.5. The summed E-state index contributed by atoms with van der Waals surface area (Å²) in [6.07, 6.45) is 1.65. The highest BCUT2D eigenvalue weighted by molar-refractivity contribution is 9.10. The first-order chi connectivity index (χ1) is 9.29. The van der Waals surface area contributed by atoms with Gasteiger partial charge in [0.05, 0.1) is 17.4 Å². The maximum atomic E-state index is 5.64. The number of ether oxygens (including phenoxy) is 1. The second-order valence-electron chi connectivity index (χ2n) is 4.28. The molecule has 0 saturated carbocycles. The van der Waals surface area contributed by atoms with Crippen molar-refractivity contribution in [1.82, 2.24) is 9.55 Å². The Kier molecular flexibility index (Phi) is 3.36. The predicted octanol–water partition coefficient (Wildman–Crippen LogP) is 3.99. The van der Waals surface area contributed by atoms with Gasteiger partial charge in [0.1, 0.15) is 0 Å². The first kappa shape index (κ1) is 12.4. The van der Waals surface area contributed by atoms with Gasteiger partial charge in [-0.3, -0.25) is 4.57 Å². The van der Waals surface area contributed by atoms with Gasteiger partial charge in [-0.1, -0.05) is 46.3 Å². The smallest absolute Gasteiger partial charge is 0.161 e. The molecule has 0 amide bonds. The topological polar surface area (TPSA) is 27.1 Å². The van der Waals surface area contributed by atoms with Crippen LogP contribution in [0.4, 0.5) is 0 Å². The summed E-state index contributed by atoms with van der Waals surface area (Å²) in [6, 6.07) is 16.2. The van der Waals surface area contributed by atoms with Crippen LogP contribution in [0.1, 0.15) is 11.8 Å². The molecule has 0 radical (unpaired) electrons. The van der Waals surface area contributed by atoms with Gasteiger partial charge in [-0.15, -0.1) is 0 Å². The summed E-state index contributed by atoms with van der Waals surface area (Å²) < 4.78 is 8.71. The van der Waals surface area contributed by atoms with Gasteiger partial charge >= 0.3 is 0 Å². The summed E-state index contributed by atoms with van der Waals surface area (Å²) in [5.41, 5.74) is 3.11. The Labute approximate surface area is 120 Å². The second kappa shape index (κ2) is 5.15. The van der Waals surface area contributed by atoms with E-state index in [9.17, 15) is 0 Å². The van der Waals surface area contributed by atoms with Crippen molar-refractivity contribution >= 4 is 27.0 Å². The van der Waals surface area contributed by atoms with Crippen LogP contribution in [0.3, 0.4) is 0 Å². The molecular formula is C15H13BrN2O. The summed E-state index contributed by atoms with van der Waals surface area (Å²) in [5, 5.41) is 0. The van der Waals surface area contributed by atoms with Crippen LogP contribution in [0, 0.1) is 0 Å². The van der Waals surface area contributed by atoms with Gasteiger partial charge in [-0.05, 0) is 18.2 Å². The Morgan fingerprint density at radius 3 is 2.68 bits per heavy atom. The van der Waals surface area contributed by atoms with E-state index in [4.69, 9.17) is 4.74 Å². The Hall–Kier alpha value is -1.65. The highest BCUT2D eigenvalue weighted by Gasteiger charge is 2.15. The van der Waals surface area contributed by atoms with Gasteiger partial charge in [-0.2, -0.15) is 0 Å². The van der Waals surface area contributed by atoms with Gasteiger partial charge in [0.2, 0.25) is 0 Å². The quantitative estimate of drug-likeness (QED) is 0.730. The standard InChI is InChI=1S/C15H13BrN2O/c1-19-15(11-5-3-2-4-6-11)18-10-17-13-8-7-12(16)9-14(13)18/h2-10,15H,1H3. The molecule has 0 N–H and O–H groups in total. The van der Waals surface area contributed by atoms with E-state index >= 15 is 0 Å². The minimum atomic E-state index is -0.166. The number of imidazole rings is 1. The lowest BCUT2D eigenvalue weighted by atomic mass is 10.2. The molecule has 96 valence electrons. The maximum Gasteiger partial charge on any atom is 0.161 e. The van der Waals surface area contributed by atoms with Crippen LogP contribution in [0.5, 0.6) is 0 Å². The van der Waals surface area contributed by atoms with Crippen molar-refractivity contribution in [2.24, 2.45) is 0 Å². The van der Waals surface area contributed by atoms with Crippen LogP contribution in [0.15, 0.2) is 59.3 Å². The minimum Gasteiger partial charge on any atom is -0.357 e. The van der Waals surface area contributed by atoms with E-state index in [1.807, 2.05) is 41.2 Å². The van der Waals surface area contributed by atoms with Crippen LogP contribution in [0.2, 0.25) is 0 Å². The van der Waals surface area contributed by atoms with Gasteiger partial charge < -0.3 is 4.74 Å². The predicted molar refractivity (Wildman–Crippen MR) is 79.0 cm³/mol. The fourth-order valence-corrected chi connectivity index (χ4v) is 2.56. The van der Waals surface area contributed by atoms with Crippen molar-refractivity contribution in [3.8, 4) is 0 Å². The molecule has 19 heavy (non-hydrogen) atoms. The zero-order chi connectivity index (χ0) is 13.2. The van der Waals surface area contributed by atoms with Gasteiger partial charge in [-0.25, -0.2) is 4.98 Å². The Morgan fingerprint density at radius 1 is 1.16 bits per heavy atom. The van der Waals surface area contributed by atoms with Crippen LogP contribution < -0.4 is 0 Å². The number of rotatable bonds is 3. The maximum absolute atomic E-state index is 5.64. The average Bonchev–Trinajstić information content (AvgIpc) is 2.84. The van der Waals surface area contributed by atoms with Gasteiger partial charge in [0.15, 0.2) is 6.23 Å².